The Morgan fingerprint density at radius 1 is 0.941 bits per heavy atom. The van der Waals surface area contributed by atoms with Crippen molar-refractivity contribution in [3.05, 3.63) is 60.2 Å². The van der Waals surface area contributed by atoms with E-state index in [1.165, 1.54) is 12.0 Å². The molecular weight excluding hydrogens is 226 g/mol. The minimum Gasteiger partial charge on any atom is -0.399 e. The summed E-state index contributed by atoms with van der Waals surface area (Å²) in [5.41, 5.74) is 7.74. The van der Waals surface area contributed by atoms with E-state index in [0.29, 0.717) is 0 Å². The number of aryl methyl sites for hydroxylation is 1. The molecule has 0 amide bonds. The van der Waals surface area contributed by atoms with Crippen LogP contribution in [-0.4, -0.2) is 0 Å². The van der Waals surface area contributed by atoms with Crippen LogP contribution < -0.4 is 5.73 Å². The highest BCUT2D eigenvalue weighted by Gasteiger charge is 1.88. The van der Waals surface area contributed by atoms with E-state index >= 15 is 0 Å². The summed E-state index contributed by atoms with van der Waals surface area (Å²) in [6, 6.07) is 17.9. The quantitative estimate of drug-likeness (QED) is 0.602. The van der Waals surface area contributed by atoms with Gasteiger partial charge >= 0.3 is 0 Å². The van der Waals surface area contributed by atoms with Crippen LogP contribution >= 0.6 is 12.6 Å². The molecule has 0 aliphatic heterocycles. The van der Waals surface area contributed by atoms with E-state index in [0.717, 1.165) is 17.0 Å². The molecule has 2 aromatic rings. The Morgan fingerprint density at radius 2 is 1.53 bits per heavy atom. The lowest BCUT2D eigenvalue weighted by atomic mass is 10.1. The molecule has 17 heavy (non-hydrogen) atoms. The summed E-state index contributed by atoms with van der Waals surface area (Å²) in [4.78, 5) is 1.02. The predicted molar refractivity (Wildman–Crippen MR) is 78.5 cm³/mol. The van der Waals surface area contributed by atoms with Gasteiger partial charge in [0.2, 0.25) is 0 Å². The average Bonchev–Trinajstić information content (AvgIpc) is 2.34. The first-order chi connectivity index (χ1) is 8.22. The van der Waals surface area contributed by atoms with Gasteiger partial charge in [0.15, 0.2) is 0 Å². The normalized spacial score (nSPS) is 9.29. The second-order valence-electron chi connectivity index (χ2n) is 3.83. The average molecular weight is 245 g/mol. The van der Waals surface area contributed by atoms with Gasteiger partial charge in [0.05, 0.1) is 0 Å². The van der Waals surface area contributed by atoms with Crippen LogP contribution in [0.3, 0.4) is 0 Å². The van der Waals surface area contributed by atoms with Gasteiger partial charge in [0.25, 0.3) is 0 Å². The van der Waals surface area contributed by atoms with Gasteiger partial charge in [-0.3, -0.25) is 0 Å². The second-order valence-corrected chi connectivity index (χ2v) is 4.34. The van der Waals surface area contributed by atoms with Crippen LogP contribution in [0.25, 0.3) is 0 Å². The van der Waals surface area contributed by atoms with Gasteiger partial charge in [0.1, 0.15) is 0 Å². The van der Waals surface area contributed by atoms with Crippen molar-refractivity contribution in [1.29, 1.82) is 0 Å². The largest absolute Gasteiger partial charge is 0.399 e. The van der Waals surface area contributed by atoms with E-state index in [9.17, 15) is 0 Å². The highest BCUT2D eigenvalue weighted by Crippen LogP contribution is 2.06. The molecule has 0 radical (unpaired) electrons. The van der Waals surface area contributed by atoms with Crippen molar-refractivity contribution < 1.29 is 0 Å². The molecule has 0 saturated carbocycles. The zero-order valence-electron chi connectivity index (χ0n) is 10.1. The minimum atomic E-state index is 0.847. The second kappa shape index (κ2) is 7.80. The van der Waals surface area contributed by atoms with Gasteiger partial charge in [0, 0.05) is 10.6 Å². The lowest BCUT2D eigenvalue weighted by Gasteiger charge is -1.97. The van der Waals surface area contributed by atoms with Gasteiger partial charge < -0.3 is 5.73 Å². The lowest BCUT2D eigenvalue weighted by molar-refractivity contribution is 0.922. The molecule has 0 aliphatic rings. The van der Waals surface area contributed by atoms with Crippen LogP contribution in [0.15, 0.2) is 59.5 Å². The summed E-state index contributed by atoms with van der Waals surface area (Å²) in [6.45, 7) is 2.18. The molecule has 0 aromatic heterocycles. The van der Waals surface area contributed by atoms with Crippen molar-refractivity contribution in [2.24, 2.45) is 0 Å². The maximum atomic E-state index is 5.52. The van der Waals surface area contributed by atoms with Crippen molar-refractivity contribution in [2.75, 3.05) is 5.73 Å². The minimum absolute atomic E-state index is 0.847. The SMILES string of the molecule is CCCc1ccc(N)cc1.Sc1ccccc1. The van der Waals surface area contributed by atoms with Gasteiger partial charge in [-0.2, -0.15) is 0 Å². The highest BCUT2D eigenvalue weighted by molar-refractivity contribution is 7.80. The van der Waals surface area contributed by atoms with E-state index in [-0.39, 0.29) is 0 Å². The number of anilines is 1. The summed E-state index contributed by atoms with van der Waals surface area (Å²) in [5, 5.41) is 0. The number of hydrogen-bond acceptors (Lipinski definition) is 2. The summed E-state index contributed by atoms with van der Waals surface area (Å²) < 4.78 is 0. The Morgan fingerprint density at radius 3 is 1.94 bits per heavy atom. The first-order valence-corrected chi connectivity index (χ1v) is 6.25. The molecule has 2 N–H and O–H groups in total. The van der Waals surface area contributed by atoms with Crippen LogP contribution in [0.4, 0.5) is 5.69 Å². The Kier molecular flexibility index (Phi) is 6.26. The molecule has 90 valence electrons. The smallest absolute Gasteiger partial charge is 0.0314 e. The number of thiol groups is 1. The van der Waals surface area contributed by atoms with Crippen molar-refractivity contribution in [1.82, 2.24) is 0 Å². The Labute approximate surface area is 109 Å². The maximum Gasteiger partial charge on any atom is 0.0314 e. The molecule has 0 aliphatic carbocycles. The van der Waals surface area contributed by atoms with Gasteiger partial charge in [-0.05, 0) is 36.2 Å². The lowest BCUT2D eigenvalue weighted by Crippen LogP contribution is -1.86. The fraction of sp³-hybridized carbons (Fsp3) is 0.200. The number of benzene rings is 2. The molecule has 0 bridgehead atoms. The van der Waals surface area contributed by atoms with E-state index in [2.05, 4.69) is 31.7 Å². The standard InChI is InChI=1S/C9H13N.C6H6S/c1-2-3-8-4-6-9(10)7-5-8;7-6-4-2-1-3-5-6/h4-7H,2-3,10H2,1H3;1-5,7H. The van der Waals surface area contributed by atoms with E-state index in [1.54, 1.807) is 0 Å². The van der Waals surface area contributed by atoms with Crippen LogP contribution in [0.1, 0.15) is 18.9 Å². The van der Waals surface area contributed by atoms with Crippen LogP contribution in [0, 0.1) is 0 Å². The van der Waals surface area contributed by atoms with Crippen LogP contribution in [0.5, 0.6) is 0 Å². The molecule has 1 nitrogen and oxygen atoms in total. The molecule has 0 spiro atoms. The first kappa shape index (κ1) is 13.7. The molecule has 2 heteroatoms. The monoisotopic (exact) mass is 245 g/mol. The van der Waals surface area contributed by atoms with Crippen molar-refractivity contribution >= 4 is 18.3 Å². The molecule has 0 heterocycles. The third-order valence-corrected chi connectivity index (χ3v) is 2.57. The van der Waals surface area contributed by atoms with Gasteiger partial charge in [-0.15, -0.1) is 12.6 Å². The Balaban J connectivity index is 0.000000181. The molecule has 2 rings (SSSR count). The van der Waals surface area contributed by atoms with Crippen molar-refractivity contribution in [2.45, 2.75) is 24.7 Å². The third kappa shape index (κ3) is 6.03. The number of nitrogen functional groups attached to an aromatic ring is 1. The fourth-order valence-electron chi connectivity index (χ4n) is 1.40. The van der Waals surface area contributed by atoms with Gasteiger partial charge in [-0.25, -0.2) is 0 Å². The molecule has 0 fully saturated rings. The van der Waals surface area contributed by atoms with E-state index < -0.39 is 0 Å². The number of rotatable bonds is 2. The highest BCUT2D eigenvalue weighted by atomic mass is 32.1. The van der Waals surface area contributed by atoms with E-state index in [4.69, 9.17) is 5.73 Å². The van der Waals surface area contributed by atoms with Gasteiger partial charge in [-0.1, -0.05) is 43.7 Å². The topological polar surface area (TPSA) is 26.0 Å². The first-order valence-electron chi connectivity index (χ1n) is 5.80. The Hall–Kier alpha value is -1.41. The van der Waals surface area contributed by atoms with Crippen LogP contribution in [-0.2, 0) is 6.42 Å². The predicted octanol–water partition coefficient (Wildman–Crippen LogP) is 4.20. The zero-order chi connectivity index (χ0) is 12.5. The molecular formula is C15H19NS. The summed E-state index contributed by atoms with van der Waals surface area (Å²) in [6.07, 6.45) is 2.35. The zero-order valence-corrected chi connectivity index (χ0v) is 11.0. The summed E-state index contributed by atoms with van der Waals surface area (Å²) >= 11 is 4.08. The summed E-state index contributed by atoms with van der Waals surface area (Å²) in [7, 11) is 0. The maximum absolute atomic E-state index is 5.52. The molecule has 2 aromatic carbocycles. The number of hydrogen-bond donors (Lipinski definition) is 2. The van der Waals surface area contributed by atoms with Crippen molar-refractivity contribution in [3.63, 3.8) is 0 Å². The third-order valence-electron chi connectivity index (χ3n) is 2.27. The van der Waals surface area contributed by atoms with Crippen molar-refractivity contribution in [3.8, 4) is 0 Å². The Bertz CT molecular complexity index is 409. The fourth-order valence-corrected chi connectivity index (χ4v) is 1.57. The van der Waals surface area contributed by atoms with Crippen LogP contribution in [0.2, 0.25) is 0 Å². The molecule has 0 saturated heterocycles. The number of nitrogens with two attached hydrogens (primary N) is 1. The summed E-state index contributed by atoms with van der Waals surface area (Å²) in [5.74, 6) is 0. The van der Waals surface area contributed by atoms with E-state index in [1.807, 2.05) is 42.5 Å². The molecule has 0 unspecified atom stereocenters. The molecule has 0 atom stereocenters.